The summed E-state index contributed by atoms with van der Waals surface area (Å²) in [6.07, 6.45) is 9.01. The van der Waals surface area contributed by atoms with Gasteiger partial charge >= 0.3 is 5.97 Å². The fourth-order valence-electron chi connectivity index (χ4n) is 5.82. The van der Waals surface area contributed by atoms with Crippen LogP contribution in [0.25, 0.3) is 0 Å². The van der Waals surface area contributed by atoms with Gasteiger partial charge in [0.05, 0.1) is 65.9 Å². The average Bonchev–Trinajstić information content (AvgIpc) is 3.38. The van der Waals surface area contributed by atoms with E-state index in [0.717, 1.165) is 38.8 Å². The molecular weight excluding hydrogens is 649 g/mol. The van der Waals surface area contributed by atoms with Gasteiger partial charge < -0.3 is 48.9 Å². The molecule has 0 bridgehead atoms. The van der Waals surface area contributed by atoms with Gasteiger partial charge in [0, 0.05) is 38.0 Å². The Kier molecular flexibility index (Phi) is 17.9. The van der Waals surface area contributed by atoms with Crippen LogP contribution >= 0.6 is 0 Å². The van der Waals surface area contributed by atoms with Crippen LogP contribution in [-0.2, 0) is 28.5 Å². The Labute approximate surface area is 295 Å². The number of piperidine rings is 1. The molecule has 1 saturated carbocycles. The number of anilines is 4. The second-order valence-corrected chi connectivity index (χ2v) is 12.7. The van der Waals surface area contributed by atoms with E-state index in [1.807, 2.05) is 7.05 Å². The minimum Gasteiger partial charge on any atom is -0.423 e. The maximum Gasteiger partial charge on any atom is 0.313 e. The summed E-state index contributed by atoms with van der Waals surface area (Å²) >= 11 is 0. The molecule has 0 spiro atoms. The Balaban J connectivity index is 1.22. The summed E-state index contributed by atoms with van der Waals surface area (Å²) in [5, 5.41) is 6.68. The lowest BCUT2D eigenvalue weighted by Crippen LogP contribution is -2.42. The lowest BCUT2D eigenvalue weighted by atomic mass is 10.0. The number of likely N-dealkylation sites (tertiary alicyclic amines) is 1. The summed E-state index contributed by atoms with van der Waals surface area (Å²) in [5.74, 6) is -0.0592. The van der Waals surface area contributed by atoms with Crippen LogP contribution in [0.1, 0.15) is 57.8 Å². The molecule has 15 heteroatoms. The summed E-state index contributed by atoms with van der Waals surface area (Å²) in [4.78, 5) is 31.0. The molecule has 4 rings (SSSR count). The van der Waals surface area contributed by atoms with Gasteiger partial charge in [-0.2, -0.15) is 15.0 Å². The van der Waals surface area contributed by atoms with Crippen LogP contribution in [0.15, 0.2) is 18.2 Å². The van der Waals surface area contributed by atoms with Crippen molar-refractivity contribution in [1.82, 2.24) is 19.9 Å². The molecule has 0 unspecified atom stereocenters. The third-order valence-corrected chi connectivity index (χ3v) is 8.77. The van der Waals surface area contributed by atoms with E-state index in [-0.39, 0.29) is 18.8 Å². The highest BCUT2D eigenvalue weighted by atomic mass is 19.1. The highest BCUT2D eigenvalue weighted by molar-refractivity contribution is 5.73. The molecule has 2 aliphatic rings. The zero-order chi connectivity index (χ0) is 35.4. The molecule has 2 heterocycles. The highest BCUT2D eigenvalue weighted by Gasteiger charge is 2.24. The van der Waals surface area contributed by atoms with Crippen LogP contribution in [0.2, 0.25) is 0 Å². The SMILES string of the molecule is COCCOCCOCCOCCOCCC(=O)Oc1ccc(Nc2nc(NC3CCCCCC3)nc(N(C)C3CCN(C)CC3)n2)cc1F. The molecule has 14 nitrogen and oxygen atoms in total. The second-order valence-electron chi connectivity index (χ2n) is 12.7. The Morgan fingerprint density at radius 1 is 0.840 bits per heavy atom. The van der Waals surface area contributed by atoms with Crippen molar-refractivity contribution in [1.29, 1.82) is 0 Å². The molecule has 2 N–H and O–H groups in total. The number of hydrogen-bond acceptors (Lipinski definition) is 14. The number of benzene rings is 1. The highest BCUT2D eigenvalue weighted by Crippen LogP contribution is 2.27. The topological polar surface area (TPSA) is 142 Å². The number of ether oxygens (including phenoxy) is 6. The number of nitrogens with one attached hydrogen (secondary N) is 2. The summed E-state index contributed by atoms with van der Waals surface area (Å²) in [5.41, 5.74) is 0.422. The first-order valence-electron chi connectivity index (χ1n) is 17.9. The average molecular weight is 706 g/mol. The number of hydrogen-bond donors (Lipinski definition) is 2. The fourth-order valence-corrected chi connectivity index (χ4v) is 5.82. The molecular formula is C35H56FN7O7. The van der Waals surface area contributed by atoms with E-state index in [2.05, 4.69) is 32.5 Å². The molecule has 0 amide bonds. The second kappa shape index (κ2) is 22.6. The van der Waals surface area contributed by atoms with Crippen molar-refractivity contribution in [3.05, 3.63) is 24.0 Å². The lowest BCUT2D eigenvalue weighted by Gasteiger charge is -2.35. The van der Waals surface area contributed by atoms with Gasteiger partial charge in [-0.1, -0.05) is 25.7 Å². The lowest BCUT2D eigenvalue weighted by molar-refractivity contribution is -0.135. The van der Waals surface area contributed by atoms with Crippen molar-refractivity contribution in [3.8, 4) is 5.75 Å². The minimum absolute atomic E-state index is 0.0270. The maximum atomic E-state index is 15.1. The summed E-state index contributed by atoms with van der Waals surface area (Å²) < 4.78 is 46.8. The Morgan fingerprint density at radius 3 is 2.06 bits per heavy atom. The van der Waals surface area contributed by atoms with Gasteiger partial charge in [0.15, 0.2) is 11.6 Å². The minimum atomic E-state index is -0.684. The number of methoxy groups -OCH3 is 1. The first-order chi connectivity index (χ1) is 24.4. The Morgan fingerprint density at radius 2 is 1.44 bits per heavy atom. The number of nitrogens with zero attached hydrogens (tertiary/aromatic N) is 5. The number of carbonyl (C=O) groups excluding carboxylic acids is 1. The van der Waals surface area contributed by atoms with Crippen LogP contribution in [0, 0.1) is 5.82 Å². The third-order valence-electron chi connectivity index (χ3n) is 8.77. The molecule has 1 aliphatic carbocycles. The first kappa shape index (κ1) is 39.6. The van der Waals surface area contributed by atoms with Crippen molar-refractivity contribution in [2.24, 2.45) is 0 Å². The standard InChI is InChI=1S/C35H56FN7O7/c1-42-15-12-29(13-16-42)43(2)35-40-33(37-27-8-6-4-5-7-9-27)39-34(41-35)38-28-10-11-31(30(36)26-28)50-32(44)14-17-46-20-21-48-24-25-49-23-22-47-19-18-45-3/h10-11,26-27,29H,4-9,12-25H2,1-3H3,(H2,37,38,39,40,41). The van der Waals surface area contributed by atoms with E-state index >= 15 is 4.39 Å². The van der Waals surface area contributed by atoms with E-state index < -0.39 is 11.8 Å². The molecule has 1 saturated heterocycles. The van der Waals surface area contributed by atoms with Crippen molar-refractivity contribution >= 4 is 29.5 Å². The molecule has 50 heavy (non-hydrogen) atoms. The fraction of sp³-hybridized carbons (Fsp3) is 0.714. The molecule has 280 valence electrons. The van der Waals surface area contributed by atoms with Gasteiger partial charge in [0.2, 0.25) is 17.8 Å². The van der Waals surface area contributed by atoms with Gasteiger partial charge in [-0.15, -0.1) is 0 Å². The van der Waals surface area contributed by atoms with E-state index in [1.54, 1.807) is 13.2 Å². The van der Waals surface area contributed by atoms with Crippen LogP contribution < -0.4 is 20.3 Å². The molecule has 0 radical (unpaired) electrons. The zero-order valence-electron chi connectivity index (χ0n) is 30.0. The summed E-state index contributed by atoms with van der Waals surface area (Å²) in [6, 6.07) is 4.91. The summed E-state index contributed by atoms with van der Waals surface area (Å²) in [6.45, 7) is 5.80. The number of aromatic nitrogens is 3. The smallest absolute Gasteiger partial charge is 0.313 e. The van der Waals surface area contributed by atoms with Gasteiger partial charge in [-0.05, 0) is 58.0 Å². The Hall–Kier alpha value is -3.21. The van der Waals surface area contributed by atoms with Gasteiger partial charge in [-0.25, -0.2) is 4.39 Å². The predicted molar refractivity (Wildman–Crippen MR) is 189 cm³/mol. The van der Waals surface area contributed by atoms with E-state index in [0.29, 0.717) is 88.5 Å². The third kappa shape index (κ3) is 14.6. The monoisotopic (exact) mass is 705 g/mol. The van der Waals surface area contributed by atoms with Crippen LogP contribution in [0.5, 0.6) is 5.75 Å². The molecule has 0 atom stereocenters. The largest absolute Gasteiger partial charge is 0.423 e. The van der Waals surface area contributed by atoms with Crippen molar-refractivity contribution in [2.75, 3.05) is 109 Å². The molecule has 2 fully saturated rings. The summed E-state index contributed by atoms with van der Waals surface area (Å²) in [7, 11) is 5.79. The van der Waals surface area contributed by atoms with Gasteiger partial charge in [0.1, 0.15) is 0 Å². The number of rotatable bonds is 22. The number of esters is 1. The van der Waals surface area contributed by atoms with Crippen molar-refractivity contribution in [2.45, 2.75) is 69.9 Å². The molecule has 1 aliphatic heterocycles. The van der Waals surface area contributed by atoms with Crippen LogP contribution in [0.3, 0.4) is 0 Å². The molecule has 1 aromatic carbocycles. The van der Waals surface area contributed by atoms with Gasteiger partial charge in [-0.3, -0.25) is 4.79 Å². The van der Waals surface area contributed by atoms with Crippen LogP contribution in [-0.4, -0.2) is 132 Å². The van der Waals surface area contributed by atoms with Crippen molar-refractivity contribution in [3.63, 3.8) is 0 Å². The zero-order valence-corrected chi connectivity index (χ0v) is 30.0. The van der Waals surface area contributed by atoms with E-state index in [1.165, 1.54) is 37.8 Å². The quantitative estimate of drug-likeness (QED) is 0.0772. The Bertz CT molecular complexity index is 1260. The predicted octanol–water partition coefficient (Wildman–Crippen LogP) is 4.43. The van der Waals surface area contributed by atoms with E-state index in [9.17, 15) is 4.79 Å². The first-order valence-corrected chi connectivity index (χ1v) is 17.9. The number of halogens is 1. The molecule has 2 aromatic rings. The van der Waals surface area contributed by atoms with E-state index in [4.69, 9.17) is 38.4 Å². The van der Waals surface area contributed by atoms with Crippen LogP contribution in [0.4, 0.5) is 27.9 Å². The van der Waals surface area contributed by atoms with Crippen molar-refractivity contribution < 1.29 is 37.6 Å². The maximum absolute atomic E-state index is 15.1. The van der Waals surface area contributed by atoms with Gasteiger partial charge in [0.25, 0.3) is 0 Å². The number of carbonyl (C=O) groups is 1. The molecule has 1 aromatic heterocycles. The normalized spacial score (nSPS) is 16.2.